The van der Waals surface area contributed by atoms with Gasteiger partial charge in [-0.25, -0.2) is 13.9 Å². The van der Waals surface area contributed by atoms with Crippen molar-refractivity contribution in [2.45, 2.75) is 11.6 Å². The van der Waals surface area contributed by atoms with E-state index in [2.05, 4.69) is 36.3 Å². The van der Waals surface area contributed by atoms with E-state index in [1.165, 1.54) is 23.9 Å². The molecule has 0 radical (unpaired) electrons. The van der Waals surface area contributed by atoms with Crippen LogP contribution in [0.4, 0.5) is 10.1 Å². The van der Waals surface area contributed by atoms with Gasteiger partial charge in [-0.15, -0.1) is 5.10 Å². The van der Waals surface area contributed by atoms with Crippen LogP contribution in [0, 0.1) is 5.82 Å². The predicted octanol–water partition coefficient (Wildman–Crippen LogP) is 3.15. The maximum Gasteiger partial charge on any atom is 0.253 e. The molecule has 0 fully saturated rings. The van der Waals surface area contributed by atoms with Crippen LogP contribution < -0.4 is 5.32 Å². The Morgan fingerprint density at radius 3 is 3.09 bits per heavy atom. The van der Waals surface area contributed by atoms with E-state index in [1.54, 1.807) is 29.0 Å². The Balaban J connectivity index is 1.52. The zero-order valence-electron chi connectivity index (χ0n) is 11.7. The van der Waals surface area contributed by atoms with Gasteiger partial charge in [-0.3, -0.25) is 4.79 Å². The molecule has 2 heterocycles. The number of amides is 1. The largest absolute Gasteiger partial charge is 0.324 e. The number of aromatic nitrogens is 4. The van der Waals surface area contributed by atoms with E-state index in [0.29, 0.717) is 21.2 Å². The second-order valence-electron chi connectivity index (χ2n) is 4.53. The molecule has 3 aromatic rings. The Labute approximate surface area is 143 Å². The number of fused-ring (bicyclic) bond motifs is 1. The molecule has 1 amide bonds. The highest BCUT2D eigenvalue weighted by Gasteiger charge is 2.09. The van der Waals surface area contributed by atoms with E-state index in [1.807, 2.05) is 0 Å². The van der Waals surface area contributed by atoms with Gasteiger partial charge in [-0.05, 0) is 24.3 Å². The first-order valence-electron chi connectivity index (χ1n) is 6.67. The molecule has 0 aliphatic rings. The Kier molecular flexibility index (Phi) is 4.87. The molecule has 0 saturated heterocycles. The molecular weight excluding hydrogens is 385 g/mol. The SMILES string of the molecule is O=C(CCSc1nc2ncccn2n1)Nc1ccc(Br)cc1F. The van der Waals surface area contributed by atoms with E-state index in [9.17, 15) is 9.18 Å². The molecule has 0 aliphatic carbocycles. The molecule has 0 bridgehead atoms. The number of hydrogen-bond donors (Lipinski definition) is 1. The molecule has 3 rings (SSSR count). The van der Waals surface area contributed by atoms with Crippen molar-refractivity contribution in [3.8, 4) is 0 Å². The predicted molar refractivity (Wildman–Crippen MR) is 88.9 cm³/mol. The van der Waals surface area contributed by atoms with E-state index in [4.69, 9.17) is 0 Å². The number of hydrogen-bond acceptors (Lipinski definition) is 5. The number of carbonyl (C=O) groups excluding carboxylic acids is 1. The minimum absolute atomic E-state index is 0.165. The Morgan fingerprint density at radius 1 is 1.43 bits per heavy atom. The number of halogens is 2. The van der Waals surface area contributed by atoms with Crippen molar-refractivity contribution in [1.82, 2.24) is 19.6 Å². The number of anilines is 1. The van der Waals surface area contributed by atoms with Crippen molar-refractivity contribution in [2.24, 2.45) is 0 Å². The third-order valence-corrected chi connectivity index (χ3v) is 4.20. The van der Waals surface area contributed by atoms with Gasteiger partial charge in [-0.1, -0.05) is 27.7 Å². The highest BCUT2D eigenvalue weighted by atomic mass is 79.9. The smallest absolute Gasteiger partial charge is 0.253 e. The first-order valence-corrected chi connectivity index (χ1v) is 8.45. The summed E-state index contributed by atoms with van der Waals surface area (Å²) < 4.78 is 15.8. The lowest BCUT2D eigenvalue weighted by atomic mass is 10.3. The van der Waals surface area contributed by atoms with Crippen molar-refractivity contribution in [3.05, 3.63) is 46.9 Å². The monoisotopic (exact) mass is 395 g/mol. The maximum absolute atomic E-state index is 13.6. The number of nitrogens with zero attached hydrogens (tertiary/aromatic N) is 4. The van der Waals surface area contributed by atoms with E-state index >= 15 is 0 Å². The van der Waals surface area contributed by atoms with Crippen molar-refractivity contribution in [3.63, 3.8) is 0 Å². The summed E-state index contributed by atoms with van der Waals surface area (Å²) in [6.07, 6.45) is 3.62. The third-order valence-electron chi connectivity index (χ3n) is 2.86. The Bertz CT molecular complexity index is 823. The van der Waals surface area contributed by atoms with Crippen molar-refractivity contribution in [2.75, 3.05) is 11.1 Å². The molecular formula is C14H11BrFN5OS. The number of carbonyl (C=O) groups is 1. The van der Waals surface area contributed by atoms with E-state index in [-0.39, 0.29) is 18.0 Å². The zero-order chi connectivity index (χ0) is 16.2. The van der Waals surface area contributed by atoms with Crippen LogP contribution in [0.3, 0.4) is 0 Å². The molecule has 6 nitrogen and oxygen atoms in total. The standard InChI is InChI=1S/C14H11BrFN5OS/c15-9-2-3-11(10(16)8-9)18-12(22)4-7-23-14-19-13-17-5-1-6-21(13)20-14/h1-3,5-6,8H,4,7H2,(H,18,22). The summed E-state index contributed by atoms with van der Waals surface area (Å²) >= 11 is 4.51. The lowest BCUT2D eigenvalue weighted by Crippen LogP contribution is -2.13. The van der Waals surface area contributed by atoms with Gasteiger partial charge in [0.05, 0.1) is 5.69 Å². The van der Waals surface area contributed by atoms with Crippen LogP contribution in [-0.4, -0.2) is 31.2 Å². The highest BCUT2D eigenvalue weighted by Crippen LogP contribution is 2.20. The summed E-state index contributed by atoms with van der Waals surface area (Å²) in [7, 11) is 0. The van der Waals surface area contributed by atoms with Gasteiger partial charge in [0, 0.05) is 29.0 Å². The molecule has 0 aliphatic heterocycles. The maximum atomic E-state index is 13.6. The number of nitrogens with one attached hydrogen (secondary N) is 1. The Hall–Kier alpha value is -2.00. The van der Waals surface area contributed by atoms with Gasteiger partial charge in [0.25, 0.3) is 5.78 Å². The molecule has 0 spiro atoms. The van der Waals surface area contributed by atoms with E-state index < -0.39 is 5.82 Å². The second kappa shape index (κ2) is 7.05. The zero-order valence-corrected chi connectivity index (χ0v) is 14.1. The van der Waals surface area contributed by atoms with Gasteiger partial charge in [0.15, 0.2) is 0 Å². The van der Waals surface area contributed by atoms with Gasteiger partial charge in [-0.2, -0.15) is 4.98 Å². The normalized spacial score (nSPS) is 10.9. The summed E-state index contributed by atoms with van der Waals surface area (Å²) in [5, 5.41) is 7.32. The third kappa shape index (κ3) is 4.05. The number of benzene rings is 1. The molecule has 0 unspecified atom stereocenters. The van der Waals surface area contributed by atoms with Crippen LogP contribution in [0.2, 0.25) is 0 Å². The van der Waals surface area contributed by atoms with Gasteiger partial charge < -0.3 is 5.32 Å². The minimum Gasteiger partial charge on any atom is -0.324 e. The summed E-state index contributed by atoms with van der Waals surface area (Å²) in [5.41, 5.74) is 0.165. The topological polar surface area (TPSA) is 72.2 Å². The van der Waals surface area contributed by atoms with E-state index in [0.717, 1.165) is 0 Å². The molecule has 1 N–H and O–H groups in total. The molecule has 2 aromatic heterocycles. The fraction of sp³-hybridized carbons (Fsp3) is 0.143. The fourth-order valence-electron chi connectivity index (χ4n) is 1.81. The van der Waals surface area contributed by atoms with Crippen LogP contribution >= 0.6 is 27.7 Å². The summed E-state index contributed by atoms with van der Waals surface area (Å²) in [5.74, 6) is 0.256. The lowest BCUT2D eigenvalue weighted by molar-refractivity contribution is -0.115. The quantitative estimate of drug-likeness (QED) is 0.671. The summed E-state index contributed by atoms with van der Waals surface area (Å²) in [6.45, 7) is 0. The average molecular weight is 396 g/mol. The van der Waals surface area contributed by atoms with Gasteiger partial charge in [0.2, 0.25) is 11.1 Å². The highest BCUT2D eigenvalue weighted by molar-refractivity contribution is 9.10. The average Bonchev–Trinajstić information content (AvgIpc) is 2.93. The van der Waals surface area contributed by atoms with Crippen LogP contribution in [-0.2, 0) is 4.79 Å². The first kappa shape index (κ1) is 15.9. The molecule has 23 heavy (non-hydrogen) atoms. The van der Waals surface area contributed by atoms with Crippen molar-refractivity contribution < 1.29 is 9.18 Å². The lowest BCUT2D eigenvalue weighted by Gasteiger charge is -2.06. The van der Waals surface area contributed by atoms with Crippen molar-refractivity contribution >= 4 is 45.1 Å². The van der Waals surface area contributed by atoms with Crippen LogP contribution in [0.5, 0.6) is 0 Å². The molecule has 0 saturated carbocycles. The fourth-order valence-corrected chi connectivity index (χ4v) is 2.91. The molecule has 1 aromatic carbocycles. The minimum atomic E-state index is -0.478. The van der Waals surface area contributed by atoms with Crippen LogP contribution in [0.15, 0.2) is 46.3 Å². The van der Waals surface area contributed by atoms with Crippen LogP contribution in [0.25, 0.3) is 5.78 Å². The first-order chi connectivity index (χ1) is 11.1. The van der Waals surface area contributed by atoms with Crippen molar-refractivity contribution in [1.29, 1.82) is 0 Å². The summed E-state index contributed by atoms with van der Waals surface area (Å²) in [4.78, 5) is 20.1. The number of thioether (sulfide) groups is 1. The second-order valence-corrected chi connectivity index (χ2v) is 6.51. The molecule has 118 valence electrons. The molecule has 9 heteroatoms. The molecule has 0 atom stereocenters. The number of rotatable bonds is 5. The Morgan fingerprint density at radius 2 is 2.30 bits per heavy atom. The summed E-state index contributed by atoms with van der Waals surface area (Å²) in [6, 6.07) is 6.25. The van der Waals surface area contributed by atoms with Crippen LogP contribution in [0.1, 0.15) is 6.42 Å². The van der Waals surface area contributed by atoms with Gasteiger partial charge in [0.1, 0.15) is 5.82 Å². The van der Waals surface area contributed by atoms with Gasteiger partial charge >= 0.3 is 0 Å².